The molecule has 0 spiro atoms. The predicted octanol–water partition coefficient (Wildman–Crippen LogP) is 2.27. The fourth-order valence-electron chi connectivity index (χ4n) is 2.43. The SMILES string of the molecule is CCNC(=NCc1ccc(OCC(F)(F)F)nc1)NCCCOC1CCOC1. The third-order valence-corrected chi connectivity index (χ3v) is 3.80. The van der Waals surface area contributed by atoms with Gasteiger partial charge in [0.25, 0.3) is 0 Å². The Kier molecular flexibility index (Phi) is 9.29. The normalized spacial score (nSPS) is 17.6. The van der Waals surface area contributed by atoms with Crippen LogP contribution in [-0.2, 0) is 16.0 Å². The fourth-order valence-corrected chi connectivity index (χ4v) is 2.43. The Hall–Kier alpha value is -2.07. The van der Waals surface area contributed by atoms with Crippen LogP contribution in [0.1, 0.15) is 25.3 Å². The molecule has 1 aliphatic rings. The van der Waals surface area contributed by atoms with Crippen molar-refractivity contribution in [2.45, 2.75) is 38.6 Å². The number of ether oxygens (including phenoxy) is 3. The second-order valence-corrected chi connectivity index (χ2v) is 6.24. The average molecular weight is 404 g/mol. The van der Waals surface area contributed by atoms with E-state index in [2.05, 4.69) is 25.3 Å². The van der Waals surface area contributed by atoms with E-state index in [-0.39, 0.29) is 12.0 Å². The molecular weight excluding hydrogens is 377 g/mol. The lowest BCUT2D eigenvalue weighted by molar-refractivity contribution is -0.154. The van der Waals surface area contributed by atoms with Gasteiger partial charge >= 0.3 is 6.18 Å². The number of aliphatic imine (C=N–C) groups is 1. The van der Waals surface area contributed by atoms with Gasteiger partial charge in [-0.05, 0) is 25.3 Å². The highest BCUT2D eigenvalue weighted by Crippen LogP contribution is 2.17. The highest BCUT2D eigenvalue weighted by molar-refractivity contribution is 5.79. The van der Waals surface area contributed by atoms with Gasteiger partial charge in [0.05, 0.1) is 19.3 Å². The molecular formula is C18H27F3N4O3. The van der Waals surface area contributed by atoms with Gasteiger partial charge in [0.15, 0.2) is 12.6 Å². The number of hydrogen-bond acceptors (Lipinski definition) is 5. The summed E-state index contributed by atoms with van der Waals surface area (Å²) in [6.45, 7) is 4.47. The highest BCUT2D eigenvalue weighted by atomic mass is 19.4. The van der Waals surface area contributed by atoms with Crippen LogP contribution in [0.25, 0.3) is 0 Å². The third-order valence-electron chi connectivity index (χ3n) is 3.80. The second kappa shape index (κ2) is 11.7. The van der Waals surface area contributed by atoms with Crippen molar-refractivity contribution in [1.82, 2.24) is 15.6 Å². The Balaban J connectivity index is 1.71. The zero-order chi connectivity index (χ0) is 20.2. The number of aromatic nitrogens is 1. The number of halogens is 3. The van der Waals surface area contributed by atoms with Gasteiger partial charge in [-0.25, -0.2) is 9.98 Å². The molecule has 0 saturated carbocycles. The van der Waals surface area contributed by atoms with Crippen molar-refractivity contribution >= 4 is 5.96 Å². The topological polar surface area (TPSA) is 77.0 Å². The summed E-state index contributed by atoms with van der Waals surface area (Å²) in [5.41, 5.74) is 0.765. The quantitative estimate of drug-likeness (QED) is 0.354. The minimum absolute atomic E-state index is 0.0669. The van der Waals surface area contributed by atoms with Gasteiger partial charge in [-0.2, -0.15) is 13.2 Å². The third kappa shape index (κ3) is 9.23. The lowest BCUT2D eigenvalue weighted by Crippen LogP contribution is -2.38. The first kappa shape index (κ1) is 22.2. The molecule has 0 radical (unpaired) electrons. The Bertz CT molecular complexity index is 591. The van der Waals surface area contributed by atoms with E-state index in [0.717, 1.165) is 25.0 Å². The molecule has 1 aromatic heterocycles. The van der Waals surface area contributed by atoms with Crippen LogP contribution in [0.3, 0.4) is 0 Å². The molecule has 0 aliphatic carbocycles. The summed E-state index contributed by atoms with van der Waals surface area (Å²) in [5.74, 6) is 0.590. The number of guanidine groups is 1. The summed E-state index contributed by atoms with van der Waals surface area (Å²) in [4.78, 5) is 8.32. The summed E-state index contributed by atoms with van der Waals surface area (Å²) in [6.07, 6.45) is -0.930. The van der Waals surface area contributed by atoms with Gasteiger partial charge < -0.3 is 24.8 Å². The molecule has 2 N–H and O–H groups in total. The van der Waals surface area contributed by atoms with Crippen LogP contribution in [0.2, 0.25) is 0 Å². The molecule has 1 saturated heterocycles. The molecule has 10 heteroatoms. The van der Waals surface area contributed by atoms with Crippen LogP contribution < -0.4 is 15.4 Å². The monoisotopic (exact) mass is 404 g/mol. The van der Waals surface area contributed by atoms with E-state index in [0.29, 0.717) is 38.8 Å². The van der Waals surface area contributed by atoms with Crippen molar-refractivity contribution in [3.8, 4) is 5.88 Å². The van der Waals surface area contributed by atoms with Gasteiger partial charge in [0.1, 0.15) is 0 Å². The van der Waals surface area contributed by atoms with Crippen LogP contribution in [0.4, 0.5) is 13.2 Å². The summed E-state index contributed by atoms with van der Waals surface area (Å²) in [5, 5.41) is 6.36. The van der Waals surface area contributed by atoms with E-state index >= 15 is 0 Å². The molecule has 7 nitrogen and oxygen atoms in total. The molecule has 0 aromatic carbocycles. The van der Waals surface area contributed by atoms with Crippen LogP contribution in [0.5, 0.6) is 5.88 Å². The standard InChI is InChI=1S/C18H27F3N4O3/c1-2-22-17(23-7-3-8-27-15-6-9-26-12-15)25-11-14-4-5-16(24-10-14)28-13-18(19,20)21/h4-5,10,15H,2-3,6-9,11-13H2,1H3,(H2,22,23,25). The zero-order valence-corrected chi connectivity index (χ0v) is 15.9. The van der Waals surface area contributed by atoms with Crippen LogP contribution in [-0.4, -0.2) is 62.7 Å². The number of pyridine rings is 1. The molecule has 1 atom stereocenters. The zero-order valence-electron chi connectivity index (χ0n) is 15.9. The average Bonchev–Trinajstić information content (AvgIpc) is 3.18. The number of alkyl halides is 3. The molecule has 2 heterocycles. The molecule has 0 amide bonds. The van der Waals surface area contributed by atoms with Crippen molar-refractivity contribution in [1.29, 1.82) is 0 Å². The van der Waals surface area contributed by atoms with E-state index in [4.69, 9.17) is 9.47 Å². The van der Waals surface area contributed by atoms with Gasteiger partial charge in [0.2, 0.25) is 5.88 Å². The van der Waals surface area contributed by atoms with Crippen LogP contribution in [0.15, 0.2) is 23.3 Å². The maximum Gasteiger partial charge on any atom is 0.422 e. The van der Waals surface area contributed by atoms with Gasteiger partial charge in [-0.3, -0.25) is 0 Å². The largest absolute Gasteiger partial charge is 0.468 e. The molecule has 1 aliphatic heterocycles. The summed E-state index contributed by atoms with van der Waals surface area (Å²) in [7, 11) is 0. The highest BCUT2D eigenvalue weighted by Gasteiger charge is 2.28. The van der Waals surface area contributed by atoms with E-state index < -0.39 is 12.8 Å². The lowest BCUT2D eigenvalue weighted by atomic mass is 10.3. The predicted molar refractivity (Wildman–Crippen MR) is 98.4 cm³/mol. The lowest BCUT2D eigenvalue weighted by Gasteiger charge is -2.13. The smallest absolute Gasteiger partial charge is 0.422 e. The van der Waals surface area contributed by atoms with Crippen LogP contribution in [0, 0.1) is 0 Å². The minimum atomic E-state index is -4.38. The van der Waals surface area contributed by atoms with E-state index in [1.54, 1.807) is 6.07 Å². The van der Waals surface area contributed by atoms with Crippen LogP contribution >= 0.6 is 0 Å². The number of nitrogens with zero attached hydrogens (tertiary/aromatic N) is 2. The molecule has 1 fully saturated rings. The van der Waals surface area contributed by atoms with Crippen molar-refractivity contribution in [3.63, 3.8) is 0 Å². The molecule has 1 aromatic rings. The Labute approximate surface area is 162 Å². The Morgan fingerprint density at radius 2 is 2.21 bits per heavy atom. The van der Waals surface area contributed by atoms with Crippen molar-refractivity contribution in [2.24, 2.45) is 4.99 Å². The number of rotatable bonds is 10. The second-order valence-electron chi connectivity index (χ2n) is 6.24. The van der Waals surface area contributed by atoms with Crippen molar-refractivity contribution in [2.75, 3.05) is 39.5 Å². The minimum Gasteiger partial charge on any atom is -0.468 e. The number of nitrogens with one attached hydrogen (secondary N) is 2. The maximum atomic E-state index is 12.1. The summed E-state index contributed by atoms with van der Waals surface area (Å²) >= 11 is 0. The maximum absolute atomic E-state index is 12.1. The van der Waals surface area contributed by atoms with E-state index in [9.17, 15) is 13.2 Å². The van der Waals surface area contributed by atoms with Gasteiger partial charge in [-0.1, -0.05) is 6.07 Å². The molecule has 2 rings (SSSR count). The summed E-state index contributed by atoms with van der Waals surface area (Å²) in [6, 6.07) is 3.05. The fraction of sp³-hybridized carbons (Fsp3) is 0.667. The first-order chi connectivity index (χ1) is 13.5. The molecule has 28 heavy (non-hydrogen) atoms. The molecule has 0 bridgehead atoms. The summed E-state index contributed by atoms with van der Waals surface area (Å²) < 4.78 is 52.0. The Morgan fingerprint density at radius 3 is 2.86 bits per heavy atom. The van der Waals surface area contributed by atoms with Gasteiger partial charge in [0, 0.05) is 38.6 Å². The van der Waals surface area contributed by atoms with E-state index in [1.807, 2.05) is 6.92 Å². The molecule has 1 unspecified atom stereocenters. The van der Waals surface area contributed by atoms with Crippen molar-refractivity contribution < 1.29 is 27.4 Å². The number of hydrogen-bond donors (Lipinski definition) is 2. The first-order valence-electron chi connectivity index (χ1n) is 9.32. The Morgan fingerprint density at radius 1 is 1.36 bits per heavy atom. The first-order valence-corrected chi connectivity index (χ1v) is 9.32. The van der Waals surface area contributed by atoms with Gasteiger partial charge in [-0.15, -0.1) is 0 Å². The van der Waals surface area contributed by atoms with E-state index in [1.165, 1.54) is 12.3 Å². The molecule has 158 valence electrons. The van der Waals surface area contributed by atoms with Crippen molar-refractivity contribution in [3.05, 3.63) is 23.9 Å².